The van der Waals surface area contributed by atoms with E-state index in [4.69, 9.17) is 9.16 Å². The van der Waals surface area contributed by atoms with Crippen LogP contribution in [-0.4, -0.2) is 36.7 Å². The van der Waals surface area contributed by atoms with Gasteiger partial charge in [0.25, 0.3) is 0 Å². The summed E-state index contributed by atoms with van der Waals surface area (Å²) in [6, 6.07) is 20.8. The molecule has 2 aromatic heterocycles. The topological polar surface area (TPSA) is 72.1 Å². The molecule has 0 aliphatic heterocycles. The smallest absolute Gasteiger partial charge is 0.192 e. The van der Waals surface area contributed by atoms with Gasteiger partial charge >= 0.3 is 0 Å². The van der Waals surface area contributed by atoms with Crippen molar-refractivity contribution in [3.63, 3.8) is 0 Å². The Morgan fingerprint density at radius 1 is 0.897 bits per heavy atom. The van der Waals surface area contributed by atoms with E-state index in [1.54, 1.807) is 12.4 Å². The molecule has 0 amide bonds. The number of aromatic amines is 1. The third-order valence-corrected chi connectivity index (χ3v) is 12.1. The molecular formula is C32H42N4O2Si. The number of pyridine rings is 1. The van der Waals surface area contributed by atoms with E-state index in [0.717, 1.165) is 39.5 Å². The van der Waals surface area contributed by atoms with Gasteiger partial charge in [-0.1, -0.05) is 71.0 Å². The van der Waals surface area contributed by atoms with Crippen molar-refractivity contribution in [2.45, 2.75) is 65.3 Å². The summed E-state index contributed by atoms with van der Waals surface area (Å²) in [6.45, 7) is 17.6. The molecule has 4 rings (SSSR count). The van der Waals surface area contributed by atoms with Crippen molar-refractivity contribution in [3.05, 3.63) is 84.2 Å². The lowest BCUT2D eigenvalue weighted by atomic mass is 10.0. The van der Waals surface area contributed by atoms with Crippen LogP contribution in [0.3, 0.4) is 0 Å². The normalized spacial score (nSPS) is 12.1. The predicted octanol–water partition coefficient (Wildman–Crippen LogP) is 8.27. The number of rotatable bonds is 11. The Kier molecular flexibility index (Phi) is 8.93. The molecule has 6 nitrogen and oxygen atoms in total. The minimum Gasteiger partial charge on any atom is -0.489 e. The van der Waals surface area contributed by atoms with Crippen molar-refractivity contribution in [2.24, 2.45) is 0 Å². The van der Waals surface area contributed by atoms with Crippen LogP contribution in [0.1, 0.15) is 51.7 Å². The fraction of sp³-hybridized carbons (Fsp3) is 0.375. The molecule has 4 aromatic rings. The van der Waals surface area contributed by atoms with Crippen molar-refractivity contribution >= 4 is 14.1 Å². The highest BCUT2D eigenvalue weighted by Gasteiger charge is 2.36. The molecule has 0 spiro atoms. The largest absolute Gasteiger partial charge is 0.489 e. The van der Waals surface area contributed by atoms with Crippen LogP contribution < -0.4 is 10.1 Å². The molecule has 206 valence electrons. The predicted molar refractivity (Wildman–Crippen MR) is 164 cm³/mol. The van der Waals surface area contributed by atoms with E-state index < -0.39 is 8.32 Å². The number of hydrogen-bond donors (Lipinski definition) is 2. The van der Waals surface area contributed by atoms with E-state index in [2.05, 4.69) is 105 Å². The van der Waals surface area contributed by atoms with Crippen LogP contribution in [0.15, 0.2) is 73.1 Å². The number of nitrogens with one attached hydrogen (secondary N) is 2. The van der Waals surface area contributed by atoms with E-state index in [1.807, 2.05) is 24.3 Å². The van der Waals surface area contributed by atoms with Gasteiger partial charge < -0.3 is 14.5 Å². The summed E-state index contributed by atoms with van der Waals surface area (Å²) in [4.78, 5) is 4.17. The lowest BCUT2D eigenvalue weighted by molar-refractivity contribution is 0.301. The lowest BCUT2D eigenvalue weighted by Crippen LogP contribution is -2.41. The molecule has 39 heavy (non-hydrogen) atoms. The van der Waals surface area contributed by atoms with Gasteiger partial charge in [-0.15, -0.1) is 0 Å². The highest BCUT2D eigenvalue weighted by molar-refractivity contribution is 6.74. The van der Waals surface area contributed by atoms with Gasteiger partial charge in [0.1, 0.15) is 23.9 Å². The Labute approximate surface area is 234 Å². The number of hydrogen-bond acceptors (Lipinski definition) is 5. The zero-order valence-corrected chi connectivity index (χ0v) is 25.3. The van der Waals surface area contributed by atoms with Crippen molar-refractivity contribution < 1.29 is 9.16 Å². The van der Waals surface area contributed by atoms with Gasteiger partial charge in [0, 0.05) is 24.5 Å². The van der Waals surface area contributed by atoms with Crippen molar-refractivity contribution in [1.29, 1.82) is 0 Å². The van der Waals surface area contributed by atoms with Gasteiger partial charge in [0.05, 0.1) is 12.2 Å². The number of H-pyrrole nitrogens is 1. The van der Waals surface area contributed by atoms with E-state index in [9.17, 15) is 0 Å². The molecule has 0 aliphatic carbocycles. The fourth-order valence-electron chi connectivity index (χ4n) is 4.05. The molecule has 0 aliphatic rings. The van der Waals surface area contributed by atoms with Crippen LogP contribution in [-0.2, 0) is 11.0 Å². The summed E-state index contributed by atoms with van der Waals surface area (Å²) < 4.78 is 12.5. The molecule has 0 unspecified atom stereocenters. The number of aromatic nitrogens is 3. The molecule has 0 saturated carbocycles. The number of benzene rings is 2. The minimum absolute atomic E-state index is 0.183. The second-order valence-corrected chi connectivity index (χ2v) is 16.6. The van der Waals surface area contributed by atoms with Gasteiger partial charge in [-0.25, -0.2) is 0 Å². The summed E-state index contributed by atoms with van der Waals surface area (Å²) >= 11 is 0. The van der Waals surface area contributed by atoms with E-state index in [-0.39, 0.29) is 5.04 Å². The SMILES string of the molecule is CC(C)c1ccc(COc2ccc(-c3c(-c4ccncc4)n[nH]c3NCCO[Si](C)(C)C(C)(C)C)cc2)cc1. The van der Waals surface area contributed by atoms with Crippen molar-refractivity contribution in [3.8, 4) is 28.1 Å². The summed E-state index contributed by atoms with van der Waals surface area (Å²) in [6.07, 6.45) is 3.58. The monoisotopic (exact) mass is 542 g/mol. The molecule has 2 N–H and O–H groups in total. The Hall–Kier alpha value is -3.42. The molecule has 2 aromatic carbocycles. The van der Waals surface area contributed by atoms with Gasteiger partial charge in [-0.05, 0) is 65.0 Å². The Bertz CT molecular complexity index is 1330. The first-order chi connectivity index (χ1) is 18.5. The maximum absolute atomic E-state index is 6.37. The highest BCUT2D eigenvalue weighted by atomic mass is 28.4. The van der Waals surface area contributed by atoms with Crippen LogP contribution in [0, 0.1) is 0 Å². The molecule has 0 radical (unpaired) electrons. The fourth-order valence-corrected chi connectivity index (χ4v) is 5.10. The summed E-state index contributed by atoms with van der Waals surface area (Å²) in [5.74, 6) is 2.23. The molecule has 0 fully saturated rings. The average Bonchev–Trinajstić information content (AvgIpc) is 3.34. The second-order valence-electron chi connectivity index (χ2n) is 11.8. The maximum Gasteiger partial charge on any atom is 0.192 e. The van der Waals surface area contributed by atoms with Gasteiger partial charge in [-0.3, -0.25) is 10.1 Å². The Morgan fingerprint density at radius 2 is 1.56 bits per heavy atom. The minimum atomic E-state index is -1.80. The zero-order chi connectivity index (χ0) is 28.0. The van der Waals surface area contributed by atoms with E-state index in [1.165, 1.54) is 5.56 Å². The quantitative estimate of drug-likeness (QED) is 0.147. The number of ether oxygens (including phenoxy) is 1. The molecule has 2 heterocycles. The number of anilines is 1. The van der Waals surface area contributed by atoms with Gasteiger partial charge in [0.2, 0.25) is 0 Å². The van der Waals surface area contributed by atoms with E-state index in [0.29, 0.717) is 25.7 Å². The van der Waals surface area contributed by atoms with Crippen molar-refractivity contribution in [2.75, 3.05) is 18.5 Å². The standard InChI is InChI=1S/C32H42N4O2Si/c1-23(2)25-10-8-24(9-11-25)22-37-28-14-12-26(13-15-28)29-30(27-16-18-33-19-17-27)35-36-31(29)34-20-21-38-39(6,7)32(3,4)5/h8-19,23H,20-22H2,1-7H3,(H2,34,35,36). The van der Waals surface area contributed by atoms with Crippen LogP contribution in [0.5, 0.6) is 5.75 Å². The zero-order valence-electron chi connectivity index (χ0n) is 24.3. The summed E-state index contributed by atoms with van der Waals surface area (Å²) in [5.41, 5.74) is 6.45. The second kappa shape index (κ2) is 12.2. The molecule has 0 saturated heterocycles. The Morgan fingerprint density at radius 3 is 2.18 bits per heavy atom. The summed E-state index contributed by atoms with van der Waals surface area (Å²) in [7, 11) is -1.80. The average molecular weight is 543 g/mol. The van der Waals surface area contributed by atoms with Crippen LogP contribution in [0.25, 0.3) is 22.4 Å². The van der Waals surface area contributed by atoms with E-state index >= 15 is 0 Å². The molecule has 0 bridgehead atoms. The molecule has 0 atom stereocenters. The Balaban J connectivity index is 1.49. The highest BCUT2D eigenvalue weighted by Crippen LogP contribution is 2.38. The van der Waals surface area contributed by atoms with Gasteiger partial charge in [0.15, 0.2) is 8.32 Å². The maximum atomic E-state index is 6.37. The van der Waals surface area contributed by atoms with Crippen molar-refractivity contribution in [1.82, 2.24) is 15.2 Å². The molecular weight excluding hydrogens is 500 g/mol. The lowest BCUT2D eigenvalue weighted by Gasteiger charge is -2.36. The van der Waals surface area contributed by atoms with Crippen LogP contribution >= 0.6 is 0 Å². The summed E-state index contributed by atoms with van der Waals surface area (Å²) in [5, 5.41) is 11.6. The van der Waals surface area contributed by atoms with Crippen LogP contribution in [0.2, 0.25) is 18.1 Å². The first-order valence-electron chi connectivity index (χ1n) is 13.7. The number of nitrogens with zero attached hydrogens (tertiary/aromatic N) is 2. The van der Waals surface area contributed by atoms with Crippen LogP contribution in [0.4, 0.5) is 5.82 Å². The third-order valence-electron chi connectivity index (χ3n) is 7.59. The first kappa shape index (κ1) is 28.6. The first-order valence-corrected chi connectivity index (χ1v) is 16.6. The van der Waals surface area contributed by atoms with Gasteiger partial charge in [-0.2, -0.15) is 5.10 Å². The third kappa shape index (κ3) is 7.16. The molecule has 7 heteroatoms.